The Bertz CT molecular complexity index is 1330. The zero-order chi connectivity index (χ0) is 27.6. The van der Waals surface area contributed by atoms with Crippen molar-refractivity contribution in [2.75, 3.05) is 18.1 Å². The SMILES string of the molecule is CC(F)(c1ccc2c(c1)CCC1N(C(=O)C3(O)CCS(=O)(=O)CC3)CCC21Cc1ccccn1)C(F)(F)F. The highest BCUT2D eigenvalue weighted by Crippen LogP contribution is 2.51. The molecule has 1 amide bonds. The number of aliphatic hydroxyl groups is 1. The van der Waals surface area contributed by atoms with Crippen LogP contribution in [0.2, 0.25) is 0 Å². The molecule has 2 aromatic rings. The minimum absolute atomic E-state index is 0.170. The van der Waals surface area contributed by atoms with Crippen LogP contribution in [0.5, 0.6) is 0 Å². The molecule has 5 rings (SSSR count). The van der Waals surface area contributed by atoms with Crippen LogP contribution in [0.15, 0.2) is 42.6 Å². The minimum atomic E-state index is -5.07. The number of carbonyl (C=O) groups excluding carboxylic acids is 1. The second-order valence-corrected chi connectivity index (χ2v) is 13.3. The maximum Gasteiger partial charge on any atom is 0.426 e. The maximum atomic E-state index is 14.8. The van der Waals surface area contributed by atoms with Crippen molar-refractivity contribution in [1.29, 1.82) is 0 Å². The molecule has 0 radical (unpaired) electrons. The van der Waals surface area contributed by atoms with E-state index in [4.69, 9.17) is 0 Å². The van der Waals surface area contributed by atoms with E-state index in [1.807, 2.05) is 12.1 Å². The Morgan fingerprint density at radius 1 is 1.13 bits per heavy atom. The summed E-state index contributed by atoms with van der Waals surface area (Å²) in [6.07, 6.45) is -2.12. The Labute approximate surface area is 219 Å². The largest absolute Gasteiger partial charge is 0.426 e. The van der Waals surface area contributed by atoms with Gasteiger partial charge in [-0.3, -0.25) is 9.78 Å². The number of fused-ring (bicyclic) bond motifs is 3. The van der Waals surface area contributed by atoms with Gasteiger partial charge in [0.05, 0.1) is 11.5 Å². The molecule has 0 bridgehead atoms. The summed E-state index contributed by atoms with van der Waals surface area (Å²) in [6.45, 7) is 0.820. The Balaban J connectivity index is 1.54. The molecule has 2 aliphatic heterocycles. The van der Waals surface area contributed by atoms with Gasteiger partial charge >= 0.3 is 6.18 Å². The van der Waals surface area contributed by atoms with E-state index < -0.39 is 44.2 Å². The highest BCUT2D eigenvalue weighted by molar-refractivity contribution is 7.91. The topological polar surface area (TPSA) is 87.6 Å². The quantitative estimate of drug-likeness (QED) is 0.582. The summed E-state index contributed by atoms with van der Waals surface area (Å²) in [5.41, 5.74) is -4.32. The maximum absolute atomic E-state index is 14.8. The fourth-order valence-corrected chi connectivity index (χ4v) is 7.95. The number of hydrogen-bond donors (Lipinski definition) is 1. The first-order chi connectivity index (χ1) is 17.7. The minimum Gasteiger partial charge on any atom is -0.380 e. The third kappa shape index (κ3) is 4.41. The zero-order valence-electron chi connectivity index (χ0n) is 21.0. The van der Waals surface area contributed by atoms with Crippen LogP contribution in [0.1, 0.15) is 55.0 Å². The van der Waals surface area contributed by atoms with Crippen molar-refractivity contribution in [3.8, 4) is 0 Å². The van der Waals surface area contributed by atoms with Crippen LogP contribution in [0, 0.1) is 0 Å². The van der Waals surface area contributed by atoms with Crippen LogP contribution in [-0.2, 0) is 38.6 Å². The standard InChI is InChI=1S/C27H30F4N2O4S/c1-24(28,27(29,30)31)19-6-7-21-18(16-19)5-8-22-25(21,17-20-4-2-3-12-32-20)9-13-33(22)23(34)26(35)10-14-38(36,37)15-11-26/h2-4,6-7,12,16,22,35H,5,8-11,13-15,17H2,1H3. The molecule has 3 atom stereocenters. The van der Waals surface area contributed by atoms with Crippen molar-refractivity contribution in [1.82, 2.24) is 9.88 Å². The average molecular weight is 555 g/mol. The summed E-state index contributed by atoms with van der Waals surface area (Å²) in [7, 11) is -3.30. The van der Waals surface area contributed by atoms with Crippen LogP contribution < -0.4 is 0 Å². The average Bonchev–Trinajstić information content (AvgIpc) is 3.24. The lowest BCUT2D eigenvalue weighted by Gasteiger charge is -2.45. The Hall–Kier alpha value is -2.53. The zero-order valence-corrected chi connectivity index (χ0v) is 21.8. The predicted molar refractivity (Wildman–Crippen MR) is 132 cm³/mol. The van der Waals surface area contributed by atoms with E-state index in [2.05, 4.69) is 4.98 Å². The number of pyridine rings is 1. The number of nitrogens with zero attached hydrogens (tertiary/aromatic N) is 2. The number of amides is 1. The number of likely N-dealkylation sites (tertiary alicyclic amines) is 1. The molecule has 6 nitrogen and oxygen atoms in total. The molecule has 206 valence electrons. The van der Waals surface area contributed by atoms with Gasteiger partial charge in [0.2, 0.25) is 5.67 Å². The molecule has 11 heteroatoms. The van der Waals surface area contributed by atoms with E-state index in [0.717, 1.165) is 11.3 Å². The molecule has 3 heterocycles. The summed E-state index contributed by atoms with van der Waals surface area (Å²) in [6, 6.07) is 9.11. The molecule has 1 N–H and O–H groups in total. The predicted octanol–water partition coefficient (Wildman–Crippen LogP) is 3.80. The van der Waals surface area contributed by atoms with Crippen LogP contribution in [-0.4, -0.2) is 65.2 Å². The van der Waals surface area contributed by atoms with E-state index >= 15 is 0 Å². The highest BCUT2D eigenvalue weighted by Gasteiger charge is 2.57. The monoisotopic (exact) mass is 554 g/mol. The van der Waals surface area contributed by atoms with Gasteiger partial charge in [-0.2, -0.15) is 13.2 Å². The molecule has 1 aromatic heterocycles. The van der Waals surface area contributed by atoms with Gasteiger partial charge in [-0.1, -0.05) is 24.3 Å². The van der Waals surface area contributed by atoms with Gasteiger partial charge in [-0.15, -0.1) is 0 Å². The van der Waals surface area contributed by atoms with Crippen molar-refractivity contribution < 1.29 is 35.9 Å². The smallest absolute Gasteiger partial charge is 0.380 e. The van der Waals surface area contributed by atoms with Crippen molar-refractivity contribution in [2.45, 2.75) is 74.4 Å². The molecule has 2 fully saturated rings. The van der Waals surface area contributed by atoms with Crippen molar-refractivity contribution in [3.63, 3.8) is 0 Å². The van der Waals surface area contributed by atoms with Gasteiger partial charge in [0, 0.05) is 36.3 Å². The van der Waals surface area contributed by atoms with E-state index in [9.17, 15) is 35.9 Å². The molecule has 3 unspecified atom stereocenters. The molecule has 0 saturated carbocycles. The van der Waals surface area contributed by atoms with Crippen molar-refractivity contribution in [3.05, 3.63) is 65.0 Å². The molecule has 1 aromatic carbocycles. The molecule has 0 spiro atoms. The second kappa shape index (κ2) is 9.01. The number of benzene rings is 1. The number of aromatic nitrogens is 1. The van der Waals surface area contributed by atoms with E-state index in [0.29, 0.717) is 44.7 Å². The van der Waals surface area contributed by atoms with Crippen molar-refractivity contribution in [2.24, 2.45) is 0 Å². The summed E-state index contributed by atoms with van der Waals surface area (Å²) in [5.74, 6) is -1.03. The molecule has 1 aliphatic carbocycles. The fraction of sp³-hybridized carbons (Fsp3) is 0.556. The Morgan fingerprint density at radius 2 is 1.84 bits per heavy atom. The number of aryl methyl sites for hydroxylation is 1. The first-order valence-corrected chi connectivity index (χ1v) is 14.5. The van der Waals surface area contributed by atoms with Gasteiger partial charge in [-0.25, -0.2) is 12.8 Å². The first-order valence-electron chi connectivity index (χ1n) is 12.7. The highest BCUT2D eigenvalue weighted by atomic mass is 32.2. The first kappa shape index (κ1) is 27.1. The Kier molecular flexibility index (Phi) is 6.41. The van der Waals surface area contributed by atoms with Gasteiger partial charge < -0.3 is 10.0 Å². The number of hydrogen-bond acceptors (Lipinski definition) is 5. The number of halogens is 4. The molecule has 3 aliphatic rings. The normalized spacial score (nSPS) is 27.7. The molecule has 2 saturated heterocycles. The lowest BCUT2D eigenvalue weighted by atomic mass is 9.64. The van der Waals surface area contributed by atoms with E-state index in [1.54, 1.807) is 23.2 Å². The second-order valence-electron chi connectivity index (χ2n) is 11.0. The number of rotatable bonds is 4. The van der Waals surface area contributed by atoms with Crippen LogP contribution >= 0.6 is 0 Å². The Morgan fingerprint density at radius 3 is 2.47 bits per heavy atom. The van der Waals surface area contributed by atoms with Crippen molar-refractivity contribution >= 4 is 15.7 Å². The third-order valence-corrected chi connectivity index (χ3v) is 10.4. The lowest BCUT2D eigenvalue weighted by Crippen LogP contribution is -2.57. The molecular formula is C27H30F4N2O4S. The fourth-order valence-electron chi connectivity index (χ4n) is 6.45. The number of carbonyl (C=O) groups is 1. The summed E-state index contributed by atoms with van der Waals surface area (Å²) >= 11 is 0. The lowest BCUT2D eigenvalue weighted by molar-refractivity contribution is -0.228. The summed E-state index contributed by atoms with van der Waals surface area (Å²) in [5, 5.41) is 11.2. The van der Waals surface area contributed by atoms with E-state index in [1.165, 1.54) is 12.1 Å². The van der Waals surface area contributed by atoms with Gasteiger partial charge in [-0.05, 0) is 67.9 Å². The summed E-state index contributed by atoms with van der Waals surface area (Å²) in [4.78, 5) is 19.8. The van der Waals surface area contributed by atoms with Crippen LogP contribution in [0.4, 0.5) is 17.6 Å². The number of alkyl halides is 4. The van der Waals surface area contributed by atoms with Gasteiger partial charge in [0.15, 0.2) is 9.84 Å². The van der Waals surface area contributed by atoms with Gasteiger partial charge in [0.25, 0.3) is 5.91 Å². The van der Waals surface area contributed by atoms with E-state index in [-0.39, 0.29) is 30.4 Å². The third-order valence-electron chi connectivity index (χ3n) is 8.75. The van der Waals surface area contributed by atoms with Crippen LogP contribution in [0.25, 0.3) is 0 Å². The van der Waals surface area contributed by atoms with Crippen LogP contribution in [0.3, 0.4) is 0 Å². The summed E-state index contributed by atoms with van der Waals surface area (Å²) < 4.78 is 79.0. The molecular weight excluding hydrogens is 524 g/mol. The molecule has 38 heavy (non-hydrogen) atoms. The number of sulfone groups is 1. The van der Waals surface area contributed by atoms with Gasteiger partial charge in [0.1, 0.15) is 5.60 Å².